The molecule has 0 unspecified atom stereocenters. The van der Waals surface area contributed by atoms with Gasteiger partial charge in [-0.05, 0) is 18.6 Å². The van der Waals surface area contributed by atoms with Crippen LogP contribution in [-0.2, 0) is 13.2 Å². The van der Waals surface area contributed by atoms with E-state index in [1.54, 1.807) is 4.68 Å². The van der Waals surface area contributed by atoms with Gasteiger partial charge in [0.05, 0.1) is 5.02 Å². The Morgan fingerprint density at radius 2 is 2.19 bits per heavy atom. The van der Waals surface area contributed by atoms with Gasteiger partial charge in [0.2, 0.25) is 0 Å². The van der Waals surface area contributed by atoms with Crippen molar-refractivity contribution in [1.29, 1.82) is 0 Å². The van der Waals surface area contributed by atoms with Crippen LogP contribution in [0.15, 0.2) is 18.5 Å². The molecule has 0 fully saturated rings. The summed E-state index contributed by atoms with van der Waals surface area (Å²) in [5, 5.41) is 13.6. The number of nitrogens with zero attached hydrogens (tertiary/aromatic N) is 3. The zero-order valence-corrected chi connectivity index (χ0v) is 12.7. The molecule has 0 atom stereocenters. The summed E-state index contributed by atoms with van der Waals surface area (Å²) in [6.07, 6.45) is 2.33. The molecule has 1 aromatic carbocycles. The first kappa shape index (κ1) is 15.6. The highest BCUT2D eigenvalue weighted by atomic mass is 35.5. The van der Waals surface area contributed by atoms with Gasteiger partial charge in [0.15, 0.2) is 11.6 Å². The highest BCUT2D eigenvalue weighted by Gasteiger charge is 2.17. The molecule has 8 heteroatoms. The van der Waals surface area contributed by atoms with Gasteiger partial charge in [-0.25, -0.2) is 14.5 Å². The van der Waals surface area contributed by atoms with Gasteiger partial charge in [-0.15, -0.1) is 0 Å². The number of hydrogen-bond donors (Lipinski definition) is 1. The van der Waals surface area contributed by atoms with Gasteiger partial charge in [0.1, 0.15) is 18.5 Å². The smallest absolute Gasteiger partial charge is 0.339 e. The van der Waals surface area contributed by atoms with Crippen LogP contribution in [0.1, 0.15) is 29.5 Å². The van der Waals surface area contributed by atoms with Crippen molar-refractivity contribution in [3.63, 3.8) is 0 Å². The van der Waals surface area contributed by atoms with Gasteiger partial charge in [0.25, 0.3) is 0 Å². The number of carboxylic acid groups (broad SMARTS) is 1. The van der Waals surface area contributed by atoms with Crippen LogP contribution in [0.25, 0.3) is 0 Å². The van der Waals surface area contributed by atoms with Crippen molar-refractivity contribution in [1.82, 2.24) is 14.8 Å². The number of aromatic nitrogens is 3. The molecular formula is C13H13Cl2N3O3. The summed E-state index contributed by atoms with van der Waals surface area (Å²) < 4.78 is 7.22. The van der Waals surface area contributed by atoms with Crippen molar-refractivity contribution in [2.45, 2.75) is 26.5 Å². The maximum absolute atomic E-state index is 11.2. The third-order valence-corrected chi connectivity index (χ3v) is 3.21. The van der Waals surface area contributed by atoms with Crippen molar-refractivity contribution in [2.24, 2.45) is 0 Å². The summed E-state index contributed by atoms with van der Waals surface area (Å²) in [5.74, 6) is -0.497. The standard InChI is InChI=1S/C13H13Cl2N3O3/c1-2-3-18-11(16-7-17-18)6-21-12-9(13(19)20)4-8(14)5-10(12)15/h4-5,7H,2-3,6H2,1H3,(H,19,20). The molecule has 0 aliphatic carbocycles. The molecule has 0 aliphatic heterocycles. The number of carboxylic acids is 1. The van der Waals surface area contributed by atoms with Gasteiger partial charge in [-0.2, -0.15) is 5.10 Å². The Hall–Kier alpha value is -1.79. The molecule has 0 bridgehead atoms. The average molecular weight is 330 g/mol. The van der Waals surface area contributed by atoms with E-state index in [0.717, 1.165) is 6.42 Å². The number of ether oxygens (including phenoxy) is 1. The van der Waals surface area contributed by atoms with Gasteiger partial charge < -0.3 is 9.84 Å². The van der Waals surface area contributed by atoms with Crippen LogP contribution < -0.4 is 4.74 Å². The zero-order valence-electron chi connectivity index (χ0n) is 11.2. The quantitative estimate of drug-likeness (QED) is 0.879. The van der Waals surface area contributed by atoms with Crippen molar-refractivity contribution < 1.29 is 14.6 Å². The van der Waals surface area contributed by atoms with Gasteiger partial charge in [-0.1, -0.05) is 30.1 Å². The first-order valence-electron chi connectivity index (χ1n) is 6.24. The lowest BCUT2D eigenvalue weighted by Crippen LogP contribution is -2.10. The lowest BCUT2D eigenvalue weighted by Gasteiger charge is -2.11. The van der Waals surface area contributed by atoms with E-state index < -0.39 is 5.97 Å². The minimum atomic E-state index is -1.16. The molecule has 112 valence electrons. The number of rotatable bonds is 6. The van der Waals surface area contributed by atoms with E-state index in [1.807, 2.05) is 6.92 Å². The van der Waals surface area contributed by atoms with E-state index in [9.17, 15) is 9.90 Å². The fourth-order valence-corrected chi connectivity index (χ4v) is 2.35. The van der Waals surface area contributed by atoms with E-state index in [2.05, 4.69) is 10.1 Å². The molecule has 2 aromatic rings. The Kier molecular flexibility index (Phi) is 5.03. The van der Waals surface area contributed by atoms with Crippen molar-refractivity contribution in [3.05, 3.63) is 39.9 Å². The van der Waals surface area contributed by atoms with E-state index in [0.29, 0.717) is 12.4 Å². The van der Waals surface area contributed by atoms with Crippen LogP contribution in [0.3, 0.4) is 0 Å². The Morgan fingerprint density at radius 1 is 1.43 bits per heavy atom. The Labute approximate surface area is 131 Å². The highest BCUT2D eigenvalue weighted by Crippen LogP contribution is 2.33. The van der Waals surface area contributed by atoms with Crippen molar-refractivity contribution >= 4 is 29.2 Å². The lowest BCUT2D eigenvalue weighted by atomic mass is 10.2. The molecule has 2 rings (SSSR count). The molecular weight excluding hydrogens is 317 g/mol. The lowest BCUT2D eigenvalue weighted by molar-refractivity contribution is 0.0691. The van der Waals surface area contributed by atoms with Crippen LogP contribution in [-0.4, -0.2) is 25.8 Å². The number of benzene rings is 1. The number of halogens is 2. The summed E-state index contributed by atoms with van der Waals surface area (Å²) in [6, 6.07) is 2.73. The van der Waals surface area contributed by atoms with Crippen LogP contribution in [0.4, 0.5) is 0 Å². The number of hydrogen-bond acceptors (Lipinski definition) is 4. The fourth-order valence-electron chi connectivity index (χ4n) is 1.80. The number of carbonyl (C=O) groups is 1. The molecule has 21 heavy (non-hydrogen) atoms. The van der Waals surface area contributed by atoms with E-state index in [1.165, 1.54) is 18.5 Å². The van der Waals surface area contributed by atoms with Gasteiger partial charge >= 0.3 is 5.97 Å². The first-order valence-corrected chi connectivity index (χ1v) is 7.00. The minimum Gasteiger partial charge on any atom is -0.483 e. The molecule has 1 aromatic heterocycles. The molecule has 0 spiro atoms. The number of aryl methyl sites for hydroxylation is 1. The second-order valence-electron chi connectivity index (χ2n) is 4.26. The third-order valence-electron chi connectivity index (χ3n) is 2.72. The maximum Gasteiger partial charge on any atom is 0.339 e. The molecule has 6 nitrogen and oxygen atoms in total. The molecule has 0 amide bonds. The predicted octanol–water partition coefficient (Wildman–Crippen LogP) is 3.27. The van der Waals surface area contributed by atoms with Crippen LogP contribution in [0, 0.1) is 0 Å². The largest absolute Gasteiger partial charge is 0.483 e. The highest BCUT2D eigenvalue weighted by molar-refractivity contribution is 6.36. The van der Waals surface area contributed by atoms with Crippen LogP contribution in [0.5, 0.6) is 5.75 Å². The maximum atomic E-state index is 11.2. The summed E-state index contributed by atoms with van der Waals surface area (Å²) in [4.78, 5) is 15.3. The fraction of sp³-hybridized carbons (Fsp3) is 0.308. The summed E-state index contributed by atoms with van der Waals surface area (Å²) in [5.41, 5.74) is -0.0888. The van der Waals surface area contributed by atoms with Gasteiger partial charge in [0, 0.05) is 11.6 Å². The number of aromatic carboxylic acids is 1. The normalized spacial score (nSPS) is 10.6. The Bertz CT molecular complexity index is 658. The second kappa shape index (κ2) is 6.78. The zero-order chi connectivity index (χ0) is 15.4. The van der Waals surface area contributed by atoms with Crippen LogP contribution in [0.2, 0.25) is 10.0 Å². The SMILES string of the molecule is CCCn1ncnc1COc1c(Cl)cc(Cl)cc1C(=O)O. The van der Waals surface area contributed by atoms with Crippen LogP contribution >= 0.6 is 23.2 Å². The van der Waals surface area contributed by atoms with Crippen molar-refractivity contribution in [2.75, 3.05) is 0 Å². The molecule has 0 saturated carbocycles. The second-order valence-corrected chi connectivity index (χ2v) is 5.10. The Balaban J connectivity index is 2.23. The van der Waals surface area contributed by atoms with Crippen molar-refractivity contribution in [3.8, 4) is 5.75 Å². The molecule has 1 heterocycles. The van der Waals surface area contributed by atoms with E-state index in [-0.39, 0.29) is 28.0 Å². The Morgan fingerprint density at radius 3 is 2.86 bits per heavy atom. The van der Waals surface area contributed by atoms with E-state index in [4.69, 9.17) is 27.9 Å². The molecule has 0 aliphatic rings. The van der Waals surface area contributed by atoms with E-state index >= 15 is 0 Å². The summed E-state index contributed by atoms with van der Waals surface area (Å²) in [7, 11) is 0. The predicted molar refractivity (Wildman–Crippen MR) is 78.1 cm³/mol. The summed E-state index contributed by atoms with van der Waals surface area (Å²) in [6.45, 7) is 2.80. The molecule has 0 saturated heterocycles. The van der Waals surface area contributed by atoms with Gasteiger partial charge in [-0.3, -0.25) is 0 Å². The molecule has 1 N–H and O–H groups in total. The molecule has 0 radical (unpaired) electrons. The third kappa shape index (κ3) is 3.65. The minimum absolute atomic E-state index is 0.0691. The average Bonchev–Trinajstić information content (AvgIpc) is 2.85. The summed E-state index contributed by atoms with van der Waals surface area (Å²) >= 11 is 11.8. The monoisotopic (exact) mass is 329 g/mol. The first-order chi connectivity index (χ1) is 10.0. The topological polar surface area (TPSA) is 77.2 Å².